The maximum absolute atomic E-state index is 13.5. The molecule has 2 fully saturated rings. The molecule has 2 aliphatic heterocycles. The van der Waals surface area contributed by atoms with Crippen molar-refractivity contribution in [1.82, 2.24) is 19.0 Å². The fraction of sp³-hybridized carbons (Fsp3) is 0.750. The Kier molecular flexibility index (Phi) is 10.6. The van der Waals surface area contributed by atoms with E-state index in [2.05, 4.69) is 37.5 Å². The van der Waals surface area contributed by atoms with Crippen molar-refractivity contribution in [3.8, 4) is 0 Å². The van der Waals surface area contributed by atoms with Crippen molar-refractivity contribution >= 4 is 15.9 Å². The predicted molar refractivity (Wildman–Crippen MR) is 148 cm³/mol. The van der Waals surface area contributed by atoms with Crippen LogP contribution in [-0.4, -0.2) is 110 Å². The largest absolute Gasteiger partial charge is 0.370 e. The lowest BCUT2D eigenvalue weighted by Crippen LogP contribution is -2.52. The average Bonchev–Trinajstić information content (AvgIpc) is 3.28. The Balaban J connectivity index is 1.47. The molecule has 37 heavy (non-hydrogen) atoms. The highest BCUT2D eigenvalue weighted by Gasteiger charge is 2.37. The number of aryl methyl sites for hydroxylation is 3. The molecule has 2 heterocycles. The topological polar surface area (TPSA) is 73.4 Å². The van der Waals surface area contributed by atoms with E-state index in [9.17, 15) is 13.2 Å². The molecule has 1 amide bonds. The van der Waals surface area contributed by atoms with E-state index in [1.54, 1.807) is 4.31 Å². The normalized spacial score (nSPS) is 20.1. The summed E-state index contributed by atoms with van der Waals surface area (Å²) in [6.45, 7) is 20.6. The standard InChI is InChI=1S/C28H48N4O4S/c1-21(2)31(22(3)4)16-13-29-11-14-30(15-12-29)27(33)20-36-19-26-9-8-10-32(26)37(34,35)28-24(6)17-23(5)18-25(28)7/h17-18,21-22,26H,8-16,19-20H2,1-7H3/t26-/m0/s1. The van der Waals surface area contributed by atoms with E-state index in [0.717, 1.165) is 55.7 Å². The smallest absolute Gasteiger partial charge is 0.248 e. The number of sulfonamides is 1. The molecule has 210 valence electrons. The van der Waals surface area contributed by atoms with E-state index in [4.69, 9.17) is 4.74 Å². The zero-order chi connectivity index (χ0) is 27.3. The third kappa shape index (κ3) is 7.53. The van der Waals surface area contributed by atoms with Gasteiger partial charge in [0.1, 0.15) is 6.61 Å². The second kappa shape index (κ2) is 13.0. The van der Waals surface area contributed by atoms with Crippen LogP contribution in [0.1, 0.15) is 57.2 Å². The van der Waals surface area contributed by atoms with Crippen molar-refractivity contribution in [2.24, 2.45) is 0 Å². The molecule has 0 spiro atoms. The Morgan fingerprint density at radius 1 is 1.00 bits per heavy atom. The van der Waals surface area contributed by atoms with Gasteiger partial charge in [0.2, 0.25) is 15.9 Å². The zero-order valence-corrected chi connectivity index (χ0v) is 24.8. The highest BCUT2D eigenvalue weighted by atomic mass is 32.2. The quantitative estimate of drug-likeness (QED) is 0.433. The summed E-state index contributed by atoms with van der Waals surface area (Å²) >= 11 is 0. The fourth-order valence-corrected chi connectivity index (χ4v) is 8.04. The maximum atomic E-state index is 13.5. The second-order valence-corrected chi connectivity index (χ2v) is 13.1. The minimum atomic E-state index is -3.62. The summed E-state index contributed by atoms with van der Waals surface area (Å²) in [7, 11) is -3.62. The minimum Gasteiger partial charge on any atom is -0.370 e. The Morgan fingerprint density at radius 2 is 1.59 bits per heavy atom. The van der Waals surface area contributed by atoms with Crippen LogP contribution < -0.4 is 0 Å². The van der Waals surface area contributed by atoms with E-state index < -0.39 is 10.0 Å². The number of hydrogen-bond acceptors (Lipinski definition) is 6. The number of benzene rings is 1. The van der Waals surface area contributed by atoms with E-state index in [1.807, 2.05) is 37.8 Å². The van der Waals surface area contributed by atoms with Gasteiger partial charge in [-0.1, -0.05) is 17.7 Å². The number of carbonyl (C=O) groups is 1. The third-order valence-electron chi connectivity index (χ3n) is 7.76. The summed E-state index contributed by atoms with van der Waals surface area (Å²) in [6.07, 6.45) is 1.55. The Morgan fingerprint density at radius 3 is 2.16 bits per heavy atom. The van der Waals surface area contributed by atoms with Gasteiger partial charge in [-0.3, -0.25) is 14.6 Å². The maximum Gasteiger partial charge on any atom is 0.248 e. The number of piperazine rings is 1. The van der Waals surface area contributed by atoms with Crippen LogP contribution in [0.4, 0.5) is 0 Å². The molecule has 0 aliphatic carbocycles. The first-order chi connectivity index (χ1) is 17.4. The van der Waals surface area contributed by atoms with Gasteiger partial charge < -0.3 is 9.64 Å². The van der Waals surface area contributed by atoms with Crippen molar-refractivity contribution in [3.05, 3.63) is 28.8 Å². The Labute approximate surface area is 225 Å². The molecule has 0 N–H and O–H groups in total. The lowest BCUT2D eigenvalue weighted by atomic mass is 10.1. The van der Waals surface area contributed by atoms with Crippen LogP contribution >= 0.6 is 0 Å². The summed E-state index contributed by atoms with van der Waals surface area (Å²) in [6, 6.07) is 4.65. The first-order valence-electron chi connectivity index (χ1n) is 13.8. The lowest BCUT2D eigenvalue weighted by Gasteiger charge is -2.37. The summed E-state index contributed by atoms with van der Waals surface area (Å²) in [5.41, 5.74) is 2.61. The Hall–Kier alpha value is -1.52. The predicted octanol–water partition coefficient (Wildman–Crippen LogP) is 3.04. The van der Waals surface area contributed by atoms with Gasteiger partial charge in [-0.05, 0) is 72.4 Å². The zero-order valence-electron chi connectivity index (χ0n) is 24.0. The first-order valence-corrected chi connectivity index (χ1v) is 15.3. The monoisotopic (exact) mass is 536 g/mol. The van der Waals surface area contributed by atoms with Crippen LogP contribution in [0.3, 0.4) is 0 Å². The number of ether oxygens (including phenoxy) is 1. The molecule has 0 bridgehead atoms. The van der Waals surface area contributed by atoms with E-state index in [-0.39, 0.29) is 25.2 Å². The van der Waals surface area contributed by atoms with Gasteiger partial charge in [-0.25, -0.2) is 8.42 Å². The van der Waals surface area contributed by atoms with Crippen LogP contribution in [0.5, 0.6) is 0 Å². The molecule has 0 unspecified atom stereocenters. The van der Waals surface area contributed by atoms with Crippen LogP contribution in [-0.2, 0) is 19.6 Å². The number of hydrogen-bond donors (Lipinski definition) is 0. The molecule has 0 radical (unpaired) electrons. The molecule has 2 saturated heterocycles. The number of amides is 1. The van der Waals surface area contributed by atoms with Gasteiger partial charge in [0.15, 0.2) is 0 Å². The van der Waals surface area contributed by atoms with Crippen LogP contribution in [0.2, 0.25) is 0 Å². The molecular formula is C28H48N4O4S. The second-order valence-electron chi connectivity index (χ2n) is 11.3. The molecule has 2 aliphatic rings. The number of nitrogens with zero attached hydrogens (tertiary/aromatic N) is 4. The van der Waals surface area contributed by atoms with Crippen molar-refractivity contribution < 1.29 is 17.9 Å². The molecule has 9 heteroatoms. The fourth-order valence-electron chi connectivity index (χ4n) is 5.95. The molecule has 1 atom stereocenters. The molecular weight excluding hydrogens is 488 g/mol. The van der Waals surface area contributed by atoms with Gasteiger partial charge in [0.25, 0.3) is 0 Å². The highest BCUT2D eigenvalue weighted by molar-refractivity contribution is 7.89. The van der Waals surface area contributed by atoms with Crippen molar-refractivity contribution in [3.63, 3.8) is 0 Å². The van der Waals surface area contributed by atoms with Gasteiger partial charge in [0.05, 0.1) is 11.5 Å². The van der Waals surface area contributed by atoms with Gasteiger partial charge in [-0.15, -0.1) is 0 Å². The van der Waals surface area contributed by atoms with E-state index in [1.165, 1.54) is 0 Å². The minimum absolute atomic E-state index is 0.00144. The van der Waals surface area contributed by atoms with E-state index in [0.29, 0.717) is 36.6 Å². The molecule has 0 saturated carbocycles. The van der Waals surface area contributed by atoms with Gasteiger partial charge in [0, 0.05) is 63.9 Å². The molecule has 3 rings (SSSR count). The summed E-state index contributed by atoms with van der Waals surface area (Å²) in [4.78, 5) is 20.0. The number of rotatable bonds is 11. The van der Waals surface area contributed by atoms with Crippen molar-refractivity contribution in [2.45, 2.75) is 84.3 Å². The first kappa shape index (κ1) is 30.0. The van der Waals surface area contributed by atoms with Crippen LogP contribution in [0, 0.1) is 20.8 Å². The van der Waals surface area contributed by atoms with Crippen LogP contribution in [0.15, 0.2) is 17.0 Å². The number of carbonyl (C=O) groups excluding carboxylic acids is 1. The molecule has 0 aromatic heterocycles. The Bertz CT molecular complexity index is 988. The highest BCUT2D eigenvalue weighted by Crippen LogP contribution is 2.30. The summed E-state index contributed by atoms with van der Waals surface area (Å²) in [5, 5.41) is 0. The third-order valence-corrected chi connectivity index (χ3v) is 10.0. The molecule has 1 aromatic rings. The SMILES string of the molecule is Cc1cc(C)c(S(=O)(=O)N2CCC[C@H]2COCC(=O)N2CCN(CCN(C(C)C)C(C)C)CC2)c(C)c1. The molecule has 1 aromatic carbocycles. The van der Waals surface area contributed by atoms with Crippen molar-refractivity contribution in [1.29, 1.82) is 0 Å². The molecule has 8 nitrogen and oxygen atoms in total. The summed E-state index contributed by atoms with van der Waals surface area (Å²) in [5.74, 6) is -0.0109. The van der Waals surface area contributed by atoms with E-state index >= 15 is 0 Å². The van der Waals surface area contributed by atoms with Gasteiger partial charge in [-0.2, -0.15) is 4.31 Å². The van der Waals surface area contributed by atoms with Crippen LogP contribution in [0.25, 0.3) is 0 Å². The average molecular weight is 537 g/mol. The van der Waals surface area contributed by atoms with Crippen molar-refractivity contribution in [2.75, 3.05) is 59.0 Å². The van der Waals surface area contributed by atoms with Gasteiger partial charge >= 0.3 is 0 Å². The lowest BCUT2D eigenvalue weighted by molar-refractivity contribution is -0.138. The summed E-state index contributed by atoms with van der Waals surface area (Å²) < 4.78 is 34.5.